The van der Waals surface area contributed by atoms with Crippen LogP contribution in [0.25, 0.3) is 10.2 Å². The first-order valence-corrected chi connectivity index (χ1v) is 11.9. The van der Waals surface area contributed by atoms with Gasteiger partial charge in [-0.15, -0.1) is 11.3 Å². The van der Waals surface area contributed by atoms with E-state index < -0.39 is 0 Å². The Morgan fingerprint density at radius 3 is 3.00 bits per heavy atom. The van der Waals surface area contributed by atoms with E-state index in [9.17, 15) is 4.79 Å². The Kier molecular flexibility index (Phi) is 3.96. The Morgan fingerprint density at radius 1 is 1.25 bits per heavy atom. The number of hydrogen-bond donors (Lipinski definition) is 1. The maximum Gasteiger partial charge on any atom is 0.226 e. The molecule has 3 aliphatic heterocycles. The van der Waals surface area contributed by atoms with Crippen molar-refractivity contribution >= 4 is 45.2 Å². The minimum atomic E-state index is 0.0680. The Hall–Kier alpha value is -2.91. The molecule has 9 heteroatoms. The number of likely N-dealkylation sites (tertiary alicyclic amines) is 1. The molecular formula is C23H22N6O2S. The van der Waals surface area contributed by atoms with Crippen molar-refractivity contribution < 1.29 is 9.53 Å². The van der Waals surface area contributed by atoms with Crippen molar-refractivity contribution in [1.82, 2.24) is 19.9 Å². The van der Waals surface area contributed by atoms with Crippen LogP contribution in [0.5, 0.6) is 0 Å². The number of anilines is 2. The van der Waals surface area contributed by atoms with E-state index in [4.69, 9.17) is 4.74 Å². The molecule has 0 saturated carbocycles. The number of thiophene rings is 1. The number of aliphatic imine (C=N–C) groups is 1. The summed E-state index contributed by atoms with van der Waals surface area (Å²) in [4.78, 5) is 35.2. The summed E-state index contributed by atoms with van der Waals surface area (Å²) in [5, 5.41) is 4.53. The van der Waals surface area contributed by atoms with E-state index in [1.54, 1.807) is 17.7 Å². The van der Waals surface area contributed by atoms with Crippen molar-refractivity contribution in [3.63, 3.8) is 0 Å². The van der Waals surface area contributed by atoms with E-state index in [1.807, 2.05) is 17.3 Å². The molecule has 1 N–H and O–H groups in total. The van der Waals surface area contributed by atoms with Crippen molar-refractivity contribution in [3.8, 4) is 0 Å². The molecule has 3 aromatic heterocycles. The summed E-state index contributed by atoms with van der Waals surface area (Å²) in [5.41, 5.74) is 4.51. The van der Waals surface area contributed by atoms with E-state index >= 15 is 0 Å². The van der Waals surface area contributed by atoms with Gasteiger partial charge in [-0.25, -0.2) is 9.97 Å². The molecule has 1 spiro atoms. The summed E-state index contributed by atoms with van der Waals surface area (Å²) < 4.78 is 5.34. The molecule has 0 unspecified atom stereocenters. The number of nitrogens with zero attached hydrogens (tertiary/aromatic N) is 5. The quantitative estimate of drug-likeness (QED) is 0.665. The van der Waals surface area contributed by atoms with Crippen LogP contribution in [0.1, 0.15) is 28.1 Å². The molecule has 2 fully saturated rings. The number of rotatable bonds is 3. The van der Waals surface area contributed by atoms with Gasteiger partial charge >= 0.3 is 0 Å². The van der Waals surface area contributed by atoms with Crippen LogP contribution >= 0.6 is 11.3 Å². The van der Waals surface area contributed by atoms with Gasteiger partial charge in [0.1, 0.15) is 17.0 Å². The number of carbonyl (C=O) groups excluding carboxylic acids is 1. The van der Waals surface area contributed by atoms with Crippen LogP contribution in [0.4, 0.5) is 11.5 Å². The molecule has 1 amide bonds. The number of ether oxygens (including phenoxy) is 1. The first-order valence-electron chi connectivity index (χ1n) is 11.1. The highest BCUT2D eigenvalue weighted by molar-refractivity contribution is 7.19. The van der Waals surface area contributed by atoms with Gasteiger partial charge in [0.25, 0.3) is 0 Å². The summed E-state index contributed by atoms with van der Waals surface area (Å²) in [6.45, 7) is 3.99. The lowest BCUT2D eigenvalue weighted by molar-refractivity contribution is -0.197. The minimum Gasteiger partial charge on any atom is -0.380 e. The summed E-state index contributed by atoms with van der Waals surface area (Å²) in [6, 6.07) is 2.06. The van der Waals surface area contributed by atoms with Gasteiger partial charge in [-0.2, -0.15) is 0 Å². The summed E-state index contributed by atoms with van der Waals surface area (Å²) in [6.07, 6.45) is 7.86. The number of nitrogens with one attached hydrogen (secondary N) is 1. The average Bonchev–Trinajstić information content (AvgIpc) is 3.35. The maximum atomic E-state index is 13.1. The maximum absolute atomic E-state index is 13.1. The van der Waals surface area contributed by atoms with Crippen LogP contribution in [0.3, 0.4) is 0 Å². The van der Waals surface area contributed by atoms with Gasteiger partial charge in [0, 0.05) is 35.7 Å². The predicted molar refractivity (Wildman–Crippen MR) is 122 cm³/mol. The lowest BCUT2D eigenvalue weighted by Gasteiger charge is -2.55. The number of carbonyl (C=O) groups is 1. The molecule has 3 aromatic rings. The highest BCUT2D eigenvalue weighted by Gasteiger charge is 2.51. The van der Waals surface area contributed by atoms with Crippen LogP contribution in [-0.4, -0.2) is 58.3 Å². The molecule has 2 saturated heterocycles. The van der Waals surface area contributed by atoms with E-state index in [0.717, 1.165) is 78.5 Å². The fourth-order valence-electron chi connectivity index (χ4n) is 5.36. The largest absolute Gasteiger partial charge is 0.380 e. The van der Waals surface area contributed by atoms with Crippen LogP contribution in [0, 0.1) is 11.3 Å². The van der Waals surface area contributed by atoms with Gasteiger partial charge < -0.3 is 15.0 Å². The second-order valence-electron chi connectivity index (χ2n) is 9.39. The van der Waals surface area contributed by atoms with Crippen LogP contribution < -0.4 is 5.32 Å². The zero-order valence-electron chi connectivity index (χ0n) is 17.5. The number of aromatic nitrogens is 3. The topological polar surface area (TPSA) is 92.6 Å². The smallest absolute Gasteiger partial charge is 0.226 e. The molecule has 32 heavy (non-hydrogen) atoms. The highest BCUT2D eigenvalue weighted by atomic mass is 32.1. The molecule has 4 aliphatic rings. The number of hydrogen-bond acceptors (Lipinski definition) is 8. The van der Waals surface area contributed by atoms with Crippen LogP contribution in [0.2, 0.25) is 0 Å². The van der Waals surface area contributed by atoms with E-state index in [-0.39, 0.29) is 11.3 Å². The summed E-state index contributed by atoms with van der Waals surface area (Å²) in [5.74, 6) is 1.18. The fraction of sp³-hybridized carbons (Fsp3) is 0.435. The molecule has 8 nitrogen and oxygen atoms in total. The van der Waals surface area contributed by atoms with Gasteiger partial charge in [0.2, 0.25) is 5.91 Å². The van der Waals surface area contributed by atoms with Crippen molar-refractivity contribution in [3.05, 3.63) is 40.3 Å². The Balaban J connectivity index is 1.15. The van der Waals surface area contributed by atoms with Crippen molar-refractivity contribution in [2.45, 2.75) is 25.8 Å². The molecule has 6 heterocycles. The Bertz CT molecular complexity index is 1290. The Labute approximate surface area is 188 Å². The molecule has 0 aromatic carbocycles. The minimum absolute atomic E-state index is 0.0680. The third kappa shape index (κ3) is 2.80. The summed E-state index contributed by atoms with van der Waals surface area (Å²) in [7, 11) is 0. The first kappa shape index (κ1) is 18.6. The number of pyridine rings is 1. The third-order valence-electron chi connectivity index (χ3n) is 7.11. The van der Waals surface area contributed by atoms with Gasteiger partial charge in [0.15, 0.2) is 0 Å². The zero-order chi connectivity index (χ0) is 21.3. The standard InChI is InChI=1S/C23H22N6O2S/c30-22(29-8-23(9-29)10-31-11-23)13-1-2-16-18(4-13)32-21-19(16)20(26-12-27-21)28-15-3-14-5-24-7-17(14)25-6-15/h3,5-6,12-13H,1-2,4,7-11H2,(H,26,27,28)/t13-/m0/s1. The molecule has 1 aliphatic carbocycles. The number of aryl methyl sites for hydroxylation is 1. The zero-order valence-corrected chi connectivity index (χ0v) is 18.3. The molecule has 0 bridgehead atoms. The molecule has 162 valence electrons. The van der Waals surface area contributed by atoms with Crippen molar-refractivity contribution in [1.29, 1.82) is 0 Å². The SMILES string of the molecule is O=C([C@H]1CCc2c(sc3ncnc(Nc4cnc5c(c4)C=NC5)c23)C1)N1CC2(COC2)C1. The van der Waals surface area contributed by atoms with E-state index in [2.05, 4.69) is 31.3 Å². The number of amides is 1. The molecule has 1 atom stereocenters. The van der Waals surface area contributed by atoms with E-state index in [0.29, 0.717) is 12.5 Å². The third-order valence-corrected chi connectivity index (χ3v) is 8.28. The fourth-order valence-corrected chi connectivity index (χ4v) is 6.62. The molecule has 0 radical (unpaired) electrons. The lowest BCUT2D eigenvalue weighted by atomic mass is 9.76. The first-order chi connectivity index (χ1) is 15.7. The van der Waals surface area contributed by atoms with Crippen molar-refractivity contribution in [2.75, 3.05) is 31.6 Å². The van der Waals surface area contributed by atoms with Gasteiger partial charge in [0.05, 0.1) is 48.1 Å². The second-order valence-corrected chi connectivity index (χ2v) is 10.5. The highest BCUT2D eigenvalue weighted by Crippen LogP contribution is 2.43. The number of fused-ring (bicyclic) bond motifs is 4. The summed E-state index contributed by atoms with van der Waals surface area (Å²) >= 11 is 1.70. The van der Waals surface area contributed by atoms with Gasteiger partial charge in [-0.3, -0.25) is 14.8 Å². The normalized spacial score (nSPS) is 22.4. The van der Waals surface area contributed by atoms with E-state index in [1.165, 1.54) is 10.4 Å². The van der Waals surface area contributed by atoms with Crippen LogP contribution in [-0.2, 0) is 28.9 Å². The monoisotopic (exact) mass is 446 g/mol. The van der Waals surface area contributed by atoms with Gasteiger partial charge in [-0.1, -0.05) is 0 Å². The molecular weight excluding hydrogens is 424 g/mol. The predicted octanol–water partition coefficient (Wildman–Crippen LogP) is 2.73. The van der Waals surface area contributed by atoms with Crippen molar-refractivity contribution in [2.24, 2.45) is 16.3 Å². The van der Waals surface area contributed by atoms with Crippen LogP contribution in [0.15, 0.2) is 23.6 Å². The van der Waals surface area contributed by atoms with Gasteiger partial charge in [-0.05, 0) is 30.9 Å². The molecule has 7 rings (SSSR count). The second kappa shape index (κ2) is 6.79. The lowest BCUT2D eigenvalue weighted by Crippen LogP contribution is -2.68. The average molecular weight is 447 g/mol. The Morgan fingerprint density at radius 2 is 2.16 bits per heavy atom.